The molecule has 0 aliphatic heterocycles. The molecule has 0 fully saturated rings. The Morgan fingerprint density at radius 1 is 1.23 bits per heavy atom. The molecule has 0 radical (unpaired) electrons. The summed E-state index contributed by atoms with van der Waals surface area (Å²) in [6.07, 6.45) is 1.41. The average molecular weight is 310 g/mol. The van der Waals surface area contributed by atoms with Crippen LogP contribution in [0.2, 0.25) is 0 Å². The van der Waals surface area contributed by atoms with Crippen molar-refractivity contribution in [2.45, 2.75) is 47.5 Å². The number of hydrogen-bond donors (Lipinski definition) is 1. The van der Waals surface area contributed by atoms with Crippen LogP contribution in [0.25, 0.3) is 0 Å². The van der Waals surface area contributed by atoms with E-state index in [1.54, 1.807) is 0 Å². The van der Waals surface area contributed by atoms with Crippen molar-refractivity contribution in [1.29, 1.82) is 0 Å². The van der Waals surface area contributed by atoms with Crippen LogP contribution < -0.4 is 10.1 Å². The number of nitrogens with zero attached hydrogens (tertiary/aromatic N) is 3. The second-order valence-electron chi connectivity index (χ2n) is 6.12. The van der Waals surface area contributed by atoms with Gasteiger partial charge in [-0.2, -0.15) is 4.98 Å². The van der Waals surface area contributed by atoms with E-state index in [9.17, 15) is 10.1 Å². The third-order valence-electron chi connectivity index (χ3n) is 2.79. The molecule has 1 rings (SSSR count). The van der Waals surface area contributed by atoms with E-state index in [0.29, 0.717) is 37.2 Å². The van der Waals surface area contributed by atoms with Crippen LogP contribution in [-0.2, 0) is 6.42 Å². The first-order valence-corrected chi connectivity index (χ1v) is 7.77. The Bertz CT molecular complexity index is 504. The van der Waals surface area contributed by atoms with Crippen molar-refractivity contribution < 1.29 is 9.66 Å². The Hall–Kier alpha value is -1.92. The average Bonchev–Trinajstić information content (AvgIpc) is 2.41. The molecule has 0 aliphatic rings. The van der Waals surface area contributed by atoms with Crippen LogP contribution in [0.5, 0.6) is 5.88 Å². The molecule has 0 aliphatic carbocycles. The number of hydrogen-bond acceptors (Lipinski definition) is 6. The van der Waals surface area contributed by atoms with Crippen LogP contribution in [0.3, 0.4) is 0 Å². The highest BCUT2D eigenvalue weighted by atomic mass is 16.6. The third kappa shape index (κ3) is 5.46. The molecule has 0 bridgehead atoms. The highest BCUT2D eigenvalue weighted by Crippen LogP contribution is 2.32. The van der Waals surface area contributed by atoms with Crippen LogP contribution in [0.4, 0.5) is 11.5 Å². The maximum Gasteiger partial charge on any atom is 0.372 e. The summed E-state index contributed by atoms with van der Waals surface area (Å²) >= 11 is 0. The lowest BCUT2D eigenvalue weighted by Gasteiger charge is -2.13. The molecule has 22 heavy (non-hydrogen) atoms. The predicted octanol–water partition coefficient (Wildman–Crippen LogP) is 3.44. The highest BCUT2D eigenvalue weighted by Gasteiger charge is 2.26. The molecule has 0 unspecified atom stereocenters. The van der Waals surface area contributed by atoms with E-state index in [1.165, 1.54) is 0 Å². The van der Waals surface area contributed by atoms with Crippen molar-refractivity contribution in [1.82, 2.24) is 9.97 Å². The van der Waals surface area contributed by atoms with Crippen molar-refractivity contribution >= 4 is 11.5 Å². The third-order valence-corrected chi connectivity index (χ3v) is 2.79. The SMILES string of the molecule is CCCOc1nc(CC(C)C)nc(NCC(C)C)c1[N+](=O)[O-]. The van der Waals surface area contributed by atoms with Gasteiger partial charge in [-0.15, -0.1) is 0 Å². The van der Waals surface area contributed by atoms with Crippen LogP contribution in [0.1, 0.15) is 46.9 Å². The van der Waals surface area contributed by atoms with Gasteiger partial charge in [0.2, 0.25) is 5.82 Å². The molecule has 0 spiro atoms. The summed E-state index contributed by atoms with van der Waals surface area (Å²) in [5.74, 6) is 1.58. The fourth-order valence-corrected chi connectivity index (χ4v) is 1.82. The Balaban J connectivity index is 3.24. The largest absolute Gasteiger partial charge is 0.473 e. The molecule has 7 heteroatoms. The van der Waals surface area contributed by atoms with E-state index >= 15 is 0 Å². The summed E-state index contributed by atoms with van der Waals surface area (Å²) in [4.78, 5) is 19.5. The van der Waals surface area contributed by atoms with Gasteiger partial charge in [-0.25, -0.2) is 4.98 Å². The van der Waals surface area contributed by atoms with Crippen molar-refractivity contribution in [2.75, 3.05) is 18.5 Å². The van der Waals surface area contributed by atoms with Gasteiger partial charge in [-0.1, -0.05) is 34.6 Å². The van der Waals surface area contributed by atoms with Crippen LogP contribution in [0.15, 0.2) is 0 Å². The summed E-state index contributed by atoms with van der Waals surface area (Å²) in [5, 5.41) is 14.4. The number of nitro groups is 1. The molecule has 7 nitrogen and oxygen atoms in total. The van der Waals surface area contributed by atoms with Gasteiger partial charge in [-0.3, -0.25) is 10.1 Å². The lowest BCUT2D eigenvalue weighted by Crippen LogP contribution is -2.15. The molecule has 1 aromatic rings. The first kappa shape index (κ1) is 18.1. The molecule has 0 saturated heterocycles. The normalized spacial score (nSPS) is 11.0. The molecule has 1 heterocycles. The Kier molecular flexibility index (Phi) is 7.01. The summed E-state index contributed by atoms with van der Waals surface area (Å²) in [5.41, 5.74) is -0.179. The summed E-state index contributed by atoms with van der Waals surface area (Å²) in [6, 6.07) is 0. The maximum absolute atomic E-state index is 11.4. The van der Waals surface area contributed by atoms with Gasteiger partial charge in [-0.05, 0) is 18.3 Å². The molecule has 124 valence electrons. The smallest absolute Gasteiger partial charge is 0.372 e. The van der Waals surface area contributed by atoms with Crippen molar-refractivity contribution in [3.05, 3.63) is 15.9 Å². The van der Waals surface area contributed by atoms with E-state index in [0.717, 1.165) is 6.42 Å². The standard InChI is InChI=1S/C15H26N4O3/c1-6-7-22-15-13(19(20)21)14(16-9-11(4)5)17-12(18-15)8-10(2)3/h10-11H,6-9H2,1-5H3,(H,16,17,18). The van der Waals surface area contributed by atoms with Gasteiger partial charge in [0.25, 0.3) is 5.88 Å². The number of rotatable bonds is 9. The Labute approximate surface area is 131 Å². The first-order valence-electron chi connectivity index (χ1n) is 7.77. The van der Waals surface area contributed by atoms with Crippen LogP contribution >= 0.6 is 0 Å². The Morgan fingerprint density at radius 2 is 1.91 bits per heavy atom. The first-order chi connectivity index (χ1) is 10.3. The minimum atomic E-state index is -0.479. The number of anilines is 1. The molecule has 1 N–H and O–H groups in total. The van der Waals surface area contributed by atoms with E-state index < -0.39 is 4.92 Å². The van der Waals surface area contributed by atoms with Crippen molar-refractivity contribution in [3.63, 3.8) is 0 Å². The van der Waals surface area contributed by atoms with Crippen LogP contribution in [0, 0.1) is 22.0 Å². The van der Waals surface area contributed by atoms with Gasteiger partial charge in [0.15, 0.2) is 0 Å². The van der Waals surface area contributed by atoms with E-state index in [1.807, 2.05) is 20.8 Å². The molecule has 0 saturated carbocycles. The fraction of sp³-hybridized carbons (Fsp3) is 0.733. The zero-order valence-corrected chi connectivity index (χ0v) is 14.0. The lowest BCUT2D eigenvalue weighted by molar-refractivity contribution is -0.385. The second kappa shape index (κ2) is 8.51. The molecule has 0 atom stereocenters. The van der Waals surface area contributed by atoms with Crippen molar-refractivity contribution in [3.8, 4) is 5.88 Å². The molecule has 0 amide bonds. The summed E-state index contributed by atoms with van der Waals surface area (Å²) < 4.78 is 5.48. The minimum absolute atomic E-state index is 0.0590. The minimum Gasteiger partial charge on any atom is -0.473 e. The lowest BCUT2D eigenvalue weighted by atomic mass is 10.1. The zero-order chi connectivity index (χ0) is 16.7. The summed E-state index contributed by atoms with van der Waals surface area (Å²) in [7, 11) is 0. The zero-order valence-electron chi connectivity index (χ0n) is 14.0. The topological polar surface area (TPSA) is 90.2 Å². The van der Waals surface area contributed by atoms with E-state index in [2.05, 4.69) is 29.1 Å². The van der Waals surface area contributed by atoms with E-state index in [4.69, 9.17) is 4.74 Å². The monoisotopic (exact) mass is 310 g/mol. The number of ether oxygens (including phenoxy) is 1. The number of nitrogens with one attached hydrogen (secondary N) is 1. The highest BCUT2D eigenvalue weighted by molar-refractivity contribution is 5.61. The van der Waals surface area contributed by atoms with Gasteiger partial charge in [0.1, 0.15) is 5.82 Å². The molecule has 1 aromatic heterocycles. The second-order valence-corrected chi connectivity index (χ2v) is 6.12. The van der Waals surface area contributed by atoms with Gasteiger partial charge in [0, 0.05) is 13.0 Å². The fourth-order valence-electron chi connectivity index (χ4n) is 1.82. The number of aromatic nitrogens is 2. The summed E-state index contributed by atoms with van der Waals surface area (Å²) in [6.45, 7) is 11.1. The van der Waals surface area contributed by atoms with Gasteiger partial charge >= 0.3 is 5.69 Å². The molecular formula is C15H26N4O3. The van der Waals surface area contributed by atoms with Gasteiger partial charge < -0.3 is 10.1 Å². The Morgan fingerprint density at radius 3 is 2.41 bits per heavy atom. The van der Waals surface area contributed by atoms with Crippen LogP contribution in [-0.4, -0.2) is 28.0 Å². The van der Waals surface area contributed by atoms with Gasteiger partial charge in [0.05, 0.1) is 11.5 Å². The van der Waals surface area contributed by atoms with Crippen molar-refractivity contribution in [2.24, 2.45) is 11.8 Å². The quantitative estimate of drug-likeness (QED) is 0.555. The maximum atomic E-state index is 11.4. The predicted molar refractivity (Wildman–Crippen MR) is 86.3 cm³/mol. The molecule has 0 aromatic carbocycles. The molecular weight excluding hydrogens is 284 g/mol. The van der Waals surface area contributed by atoms with E-state index in [-0.39, 0.29) is 17.4 Å².